The van der Waals surface area contributed by atoms with Crippen molar-refractivity contribution in [3.8, 4) is 17.0 Å². The number of aromatic nitrogens is 2. The number of benzene rings is 1. The zero-order valence-corrected chi connectivity index (χ0v) is 10.0. The second-order valence-electron chi connectivity index (χ2n) is 3.72. The van der Waals surface area contributed by atoms with E-state index in [1.807, 2.05) is 31.2 Å². The van der Waals surface area contributed by atoms with Crippen molar-refractivity contribution in [2.75, 3.05) is 6.61 Å². The number of aliphatic hydroxyl groups excluding tert-OH is 1. The standard InChI is InChI=1S/C13H14N2O3/c1-2-18-11-5-3-9(4-6-11)12-7-10(8-16)13(17)15-14-12/h3-7,16H,2,8H2,1H3,(H,15,17). The van der Waals surface area contributed by atoms with Crippen LogP contribution >= 0.6 is 0 Å². The molecule has 0 amide bonds. The molecule has 0 radical (unpaired) electrons. The van der Waals surface area contributed by atoms with Crippen molar-refractivity contribution in [3.63, 3.8) is 0 Å². The Morgan fingerprint density at radius 2 is 2.06 bits per heavy atom. The quantitative estimate of drug-likeness (QED) is 0.853. The third kappa shape index (κ3) is 2.57. The predicted molar refractivity (Wildman–Crippen MR) is 67.4 cm³/mol. The van der Waals surface area contributed by atoms with Crippen LogP contribution in [0.4, 0.5) is 0 Å². The van der Waals surface area contributed by atoms with Gasteiger partial charge < -0.3 is 9.84 Å². The summed E-state index contributed by atoms with van der Waals surface area (Å²) in [4.78, 5) is 11.3. The van der Waals surface area contributed by atoms with Crippen LogP contribution in [0.15, 0.2) is 35.1 Å². The molecule has 0 spiro atoms. The van der Waals surface area contributed by atoms with E-state index in [1.165, 1.54) is 0 Å². The Hall–Kier alpha value is -2.14. The van der Waals surface area contributed by atoms with Gasteiger partial charge in [0.1, 0.15) is 5.75 Å². The van der Waals surface area contributed by atoms with E-state index in [9.17, 15) is 4.79 Å². The lowest BCUT2D eigenvalue weighted by molar-refractivity contribution is 0.280. The maximum absolute atomic E-state index is 11.3. The molecule has 18 heavy (non-hydrogen) atoms. The highest BCUT2D eigenvalue weighted by Gasteiger charge is 2.04. The summed E-state index contributed by atoms with van der Waals surface area (Å²) in [6.45, 7) is 2.23. The monoisotopic (exact) mass is 246 g/mol. The normalized spacial score (nSPS) is 10.3. The van der Waals surface area contributed by atoms with Crippen LogP contribution in [0, 0.1) is 0 Å². The average molecular weight is 246 g/mol. The molecule has 0 aliphatic rings. The first-order valence-corrected chi connectivity index (χ1v) is 5.67. The van der Waals surface area contributed by atoms with Gasteiger partial charge in [-0.2, -0.15) is 5.10 Å². The van der Waals surface area contributed by atoms with Crippen molar-refractivity contribution in [1.29, 1.82) is 0 Å². The summed E-state index contributed by atoms with van der Waals surface area (Å²) in [5, 5.41) is 15.3. The molecular formula is C13H14N2O3. The zero-order valence-electron chi connectivity index (χ0n) is 10.0. The van der Waals surface area contributed by atoms with E-state index in [0.717, 1.165) is 11.3 Å². The van der Waals surface area contributed by atoms with Gasteiger partial charge in [-0.15, -0.1) is 0 Å². The predicted octanol–water partition coefficient (Wildman–Crippen LogP) is 1.33. The molecule has 0 atom stereocenters. The van der Waals surface area contributed by atoms with E-state index < -0.39 is 0 Å². The minimum absolute atomic E-state index is 0.300. The van der Waals surface area contributed by atoms with Gasteiger partial charge in [0.05, 0.1) is 18.9 Å². The molecule has 1 aromatic carbocycles. The maximum Gasteiger partial charge on any atom is 0.269 e. The van der Waals surface area contributed by atoms with Crippen LogP contribution in [-0.4, -0.2) is 21.9 Å². The molecule has 2 aromatic rings. The van der Waals surface area contributed by atoms with Gasteiger partial charge in [0.25, 0.3) is 5.56 Å². The average Bonchev–Trinajstić information content (AvgIpc) is 2.41. The van der Waals surface area contributed by atoms with Gasteiger partial charge in [-0.3, -0.25) is 4.79 Å². The minimum Gasteiger partial charge on any atom is -0.494 e. The number of nitrogens with zero attached hydrogens (tertiary/aromatic N) is 1. The smallest absolute Gasteiger partial charge is 0.269 e. The lowest BCUT2D eigenvalue weighted by atomic mass is 10.1. The zero-order chi connectivity index (χ0) is 13.0. The molecule has 5 nitrogen and oxygen atoms in total. The van der Waals surface area contributed by atoms with Crippen molar-refractivity contribution >= 4 is 0 Å². The summed E-state index contributed by atoms with van der Waals surface area (Å²) < 4.78 is 5.34. The Kier molecular flexibility index (Phi) is 3.74. The highest BCUT2D eigenvalue weighted by atomic mass is 16.5. The van der Waals surface area contributed by atoms with Gasteiger partial charge in [0.15, 0.2) is 0 Å². The number of nitrogens with one attached hydrogen (secondary N) is 1. The molecule has 1 aromatic heterocycles. The molecule has 2 rings (SSSR count). The number of aromatic amines is 1. The largest absolute Gasteiger partial charge is 0.494 e. The first-order valence-electron chi connectivity index (χ1n) is 5.67. The van der Waals surface area contributed by atoms with Gasteiger partial charge in [-0.25, -0.2) is 5.10 Å². The summed E-state index contributed by atoms with van der Waals surface area (Å²) in [6, 6.07) is 8.96. The highest BCUT2D eigenvalue weighted by Crippen LogP contribution is 2.20. The molecule has 2 N–H and O–H groups in total. The maximum atomic E-state index is 11.3. The van der Waals surface area contributed by atoms with Crippen molar-refractivity contribution in [2.45, 2.75) is 13.5 Å². The molecule has 0 saturated heterocycles. The summed E-state index contributed by atoms with van der Waals surface area (Å²) in [5.74, 6) is 0.785. The van der Waals surface area contributed by atoms with Crippen molar-refractivity contribution in [2.24, 2.45) is 0 Å². The molecule has 94 valence electrons. The number of ether oxygens (including phenoxy) is 1. The van der Waals surface area contributed by atoms with Crippen LogP contribution in [0.5, 0.6) is 5.75 Å². The van der Waals surface area contributed by atoms with E-state index >= 15 is 0 Å². The number of rotatable bonds is 4. The third-order valence-electron chi connectivity index (χ3n) is 2.51. The van der Waals surface area contributed by atoms with Gasteiger partial charge in [-0.05, 0) is 37.3 Å². The first kappa shape index (κ1) is 12.3. The lowest BCUT2D eigenvalue weighted by Gasteiger charge is -2.05. The molecule has 0 saturated carbocycles. The topological polar surface area (TPSA) is 75.2 Å². The molecule has 0 unspecified atom stereocenters. The van der Waals surface area contributed by atoms with Crippen molar-refractivity contribution in [3.05, 3.63) is 46.2 Å². The fourth-order valence-corrected chi connectivity index (χ4v) is 1.60. The fraction of sp³-hybridized carbons (Fsp3) is 0.231. The van der Waals surface area contributed by atoms with E-state index in [-0.39, 0.29) is 12.2 Å². The van der Waals surface area contributed by atoms with Crippen molar-refractivity contribution < 1.29 is 9.84 Å². The Balaban J connectivity index is 2.33. The van der Waals surface area contributed by atoms with Crippen LogP contribution in [0.2, 0.25) is 0 Å². The Morgan fingerprint density at radius 3 is 2.67 bits per heavy atom. The summed E-state index contributed by atoms with van der Waals surface area (Å²) in [6.07, 6.45) is 0. The molecule has 5 heteroatoms. The molecule has 0 aliphatic carbocycles. The lowest BCUT2D eigenvalue weighted by Crippen LogP contribution is -2.14. The summed E-state index contributed by atoms with van der Waals surface area (Å²) >= 11 is 0. The summed E-state index contributed by atoms with van der Waals surface area (Å²) in [5.41, 5.74) is 1.40. The van der Waals surface area contributed by atoms with E-state index in [1.54, 1.807) is 6.07 Å². The highest BCUT2D eigenvalue weighted by molar-refractivity contribution is 5.60. The number of aliphatic hydroxyl groups is 1. The van der Waals surface area contributed by atoms with Crippen LogP contribution in [-0.2, 0) is 6.61 Å². The van der Waals surface area contributed by atoms with E-state index in [0.29, 0.717) is 17.9 Å². The Labute approximate surface area is 104 Å². The number of H-pyrrole nitrogens is 1. The third-order valence-corrected chi connectivity index (χ3v) is 2.51. The van der Waals surface area contributed by atoms with Gasteiger partial charge in [0, 0.05) is 11.1 Å². The number of hydrogen-bond acceptors (Lipinski definition) is 4. The fourth-order valence-electron chi connectivity index (χ4n) is 1.60. The minimum atomic E-state index is -0.368. The van der Waals surface area contributed by atoms with Crippen LogP contribution in [0.1, 0.15) is 12.5 Å². The molecule has 0 bridgehead atoms. The van der Waals surface area contributed by atoms with Crippen LogP contribution < -0.4 is 10.3 Å². The van der Waals surface area contributed by atoms with Crippen LogP contribution in [0.3, 0.4) is 0 Å². The molecule has 0 aliphatic heterocycles. The molecule has 0 fully saturated rings. The van der Waals surface area contributed by atoms with Crippen LogP contribution in [0.25, 0.3) is 11.3 Å². The first-order chi connectivity index (χ1) is 8.74. The second kappa shape index (κ2) is 5.46. The Morgan fingerprint density at radius 1 is 1.33 bits per heavy atom. The van der Waals surface area contributed by atoms with E-state index in [2.05, 4.69) is 10.2 Å². The number of hydrogen-bond donors (Lipinski definition) is 2. The second-order valence-corrected chi connectivity index (χ2v) is 3.72. The van der Waals surface area contributed by atoms with Gasteiger partial charge >= 0.3 is 0 Å². The molecular weight excluding hydrogens is 232 g/mol. The summed E-state index contributed by atoms with van der Waals surface area (Å²) in [7, 11) is 0. The van der Waals surface area contributed by atoms with E-state index in [4.69, 9.17) is 9.84 Å². The molecule has 1 heterocycles. The Bertz CT molecular complexity index is 576. The van der Waals surface area contributed by atoms with Gasteiger partial charge in [0.2, 0.25) is 0 Å². The van der Waals surface area contributed by atoms with Gasteiger partial charge in [-0.1, -0.05) is 0 Å². The SMILES string of the molecule is CCOc1ccc(-c2cc(CO)c(=O)[nH]n2)cc1. The van der Waals surface area contributed by atoms with Crippen molar-refractivity contribution in [1.82, 2.24) is 10.2 Å².